The molecule has 2 atom stereocenters. The van der Waals surface area contributed by atoms with Crippen molar-refractivity contribution in [3.63, 3.8) is 0 Å². The van der Waals surface area contributed by atoms with E-state index in [-0.39, 0.29) is 30.8 Å². The van der Waals surface area contributed by atoms with E-state index in [2.05, 4.69) is 0 Å². The van der Waals surface area contributed by atoms with Gasteiger partial charge in [0, 0.05) is 19.1 Å². The van der Waals surface area contributed by atoms with Gasteiger partial charge < -0.3 is 19.6 Å². The number of carboxylic acid groups (broad SMARTS) is 1. The monoisotopic (exact) mass is 258 g/mol. The van der Waals surface area contributed by atoms with Crippen molar-refractivity contribution in [2.45, 2.75) is 45.9 Å². The van der Waals surface area contributed by atoms with Crippen LogP contribution in [-0.4, -0.2) is 64.8 Å². The average molecular weight is 258 g/mol. The van der Waals surface area contributed by atoms with Crippen LogP contribution in [0.5, 0.6) is 0 Å². The van der Waals surface area contributed by atoms with Crippen LogP contribution >= 0.6 is 0 Å². The highest BCUT2D eigenvalue weighted by Crippen LogP contribution is 2.14. The SMILES string of the molecule is CC(C)N(CC(=O)O)C(=O)N1C[C@@H](C)O[C@@H](C)C1. The number of hydrogen-bond acceptors (Lipinski definition) is 3. The lowest BCUT2D eigenvalue weighted by Gasteiger charge is -2.39. The molecule has 0 aromatic rings. The van der Waals surface area contributed by atoms with Crippen LogP contribution in [0, 0.1) is 0 Å². The van der Waals surface area contributed by atoms with Crippen molar-refractivity contribution in [3.05, 3.63) is 0 Å². The fraction of sp³-hybridized carbons (Fsp3) is 0.833. The Morgan fingerprint density at radius 3 is 2.22 bits per heavy atom. The quantitative estimate of drug-likeness (QED) is 0.820. The van der Waals surface area contributed by atoms with E-state index in [1.807, 2.05) is 27.7 Å². The molecule has 1 aliphatic rings. The van der Waals surface area contributed by atoms with Gasteiger partial charge in [-0.15, -0.1) is 0 Å². The van der Waals surface area contributed by atoms with E-state index in [0.717, 1.165) is 0 Å². The van der Waals surface area contributed by atoms with Crippen LogP contribution in [0.3, 0.4) is 0 Å². The Balaban J connectivity index is 2.72. The number of hydrogen-bond donors (Lipinski definition) is 1. The van der Waals surface area contributed by atoms with Crippen molar-refractivity contribution in [1.29, 1.82) is 0 Å². The fourth-order valence-electron chi connectivity index (χ4n) is 2.13. The number of urea groups is 1. The second-order valence-corrected chi connectivity index (χ2v) is 5.06. The second kappa shape index (κ2) is 6.04. The molecule has 6 nitrogen and oxygen atoms in total. The van der Waals surface area contributed by atoms with Crippen LogP contribution < -0.4 is 0 Å². The van der Waals surface area contributed by atoms with E-state index in [1.54, 1.807) is 4.90 Å². The van der Waals surface area contributed by atoms with Gasteiger partial charge in [-0.25, -0.2) is 4.79 Å². The summed E-state index contributed by atoms with van der Waals surface area (Å²) in [5, 5.41) is 8.85. The molecule has 1 saturated heterocycles. The number of ether oxygens (including phenoxy) is 1. The Morgan fingerprint density at radius 2 is 1.83 bits per heavy atom. The largest absolute Gasteiger partial charge is 0.480 e. The molecule has 0 spiro atoms. The first-order chi connectivity index (χ1) is 8.31. The number of carboxylic acids is 1. The summed E-state index contributed by atoms with van der Waals surface area (Å²) in [6.45, 7) is 8.19. The normalized spacial score (nSPS) is 24.2. The predicted octanol–water partition coefficient (Wildman–Crippen LogP) is 1.01. The van der Waals surface area contributed by atoms with E-state index >= 15 is 0 Å². The lowest BCUT2D eigenvalue weighted by atomic mass is 10.2. The van der Waals surface area contributed by atoms with Gasteiger partial charge in [-0.2, -0.15) is 0 Å². The first-order valence-electron chi connectivity index (χ1n) is 6.24. The van der Waals surface area contributed by atoms with Crippen molar-refractivity contribution in [2.24, 2.45) is 0 Å². The molecule has 1 N–H and O–H groups in total. The van der Waals surface area contributed by atoms with Crippen molar-refractivity contribution in [3.8, 4) is 0 Å². The van der Waals surface area contributed by atoms with Crippen LogP contribution in [0.1, 0.15) is 27.7 Å². The molecule has 6 heteroatoms. The molecule has 2 amide bonds. The van der Waals surface area contributed by atoms with E-state index in [9.17, 15) is 9.59 Å². The van der Waals surface area contributed by atoms with Crippen LogP contribution in [0.25, 0.3) is 0 Å². The number of amides is 2. The number of carbonyl (C=O) groups is 2. The maximum absolute atomic E-state index is 12.3. The summed E-state index contributed by atoms with van der Waals surface area (Å²) < 4.78 is 5.56. The molecular formula is C12H22N2O4. The summed E-state index contributed by atoms with van der Waals surface area (Å²) in [5.41, 5.74) is 0. The summed E-state index contributed by atoms with van der Waals surface area (Å²) in [5.74, 6) is -0.994. The number of nitrogens with zero attached hydrogens (tertiary/aromatic N) is 2. The minimum Gasteiger partial charge on any atom is -0.480 e. The molecule has 104 valence electrons. The molecule has 0 bridgehead atoms. The van der Waals surface area contributed by atoms with Gasteiger partial charge in [-0.05, 0) is 27.7 Å². The van der Waals surface area contributed by atoms with Gasteiger partial charge in [-0.1, -0.05) is 0 Å². The average Bonchev–Trinajstić information content (AvgIpc) is 2.23. The fourth-order valence-corrected chi connectivity index (χ4v) is 2.13. The highest BCUT2D eigenvalue weighted by atomic mass is 16.5. The topological polar surface area (TPSA) is 70.1 Å². The molecule has 1 fully saturated rings. The van der Waals surface area contributed by atoms with Crippen LogP contribution in [0.4, 0.5) is 4.79 Å². The van der Waals surface area contributed by atoms with Crippen molar-refractivity contribution < 1.29 is 19.4 Å². The third-order valence-corrected chi connectivity index (χ3v) is 2.86. The molecule has 1 rings (SSSR count). The molecule has 0 saturated carbocycles. The lowest BCUT2D eigenvalue weighted by molar-refractivity contribution is -0.138. The zero-order valence-electron chi connectivity index (χ0n) is 11.4. The lowest BCUT2D eigenvalue weighted by Crippen LogP contribution is -2.55. The van der Waals surface area contributed by atoms with E-state index in [1.165, 1.54) is 4.90 Å². The van der Waals surface area contributed by atoms with E-state index in [0.29, 0.717) is 13.1 Å². The molecule has 1 heterocycles. The second-order valence-electron chi connectivity index (χ2n) is 5.06. The van der Waals surface area contributed by atoms with E-state index in [4.69, 9.17) is 9.84 Å². The molecule has 0 aromatic carbocycles. The predicted molar refractivity (Wildman–Crippen MR) is 66.5 cm³/mol. The number of rotatable bonds is 3. The Labute approximate surface area is 107 Å². The van der Waals surface area contributed by atoms with Crippen molar-refractivity contribution >= 4 is 12.0 Å². The number of morpholine rings is 1. The Kier molecular flexibility index (Phi) is 4.95. The third-order valence-electron chi connectivity index (χ3n) is 2.86. The standard InChI is InChI=1S/C12H22N2O4/c1-8(2)14(7-11(15)16)12(17)13-5-9(3)18-10(4)6-13/h8-10H,5-7H2,1-4H3,(H,15,16)/t9-,10+. The summed E-state index contributed by atoms with van der Waals surface area (Å²) in [6, 6.07) is -0.364. The summed E-state index contributed by atoms with van der Waals surface area (Å²) in [6.07, 6.45) is -0.0342. The van der Waals surface area contributed by atoms with Gasteiger partial charge in [0.2, 0.25) is 0 Å². The zero-order chi connectivity index (χ0) is 13.9. The van der Waals surface area contributed by atoms with Crippen molar-refractivity contribution in [2.75, 3.05) is 19.6 Å². The van der Waals surface area contributed by atoms with Crippen LogP contribution in [0.15, 0.2) is 0 Å². The third kappa shape index (κ3) is 3.87. The van der Waals surface area contributed by atoms with Gasteiger partial charge in [0.15, 0.2) is 0 Å². The summed E-state index contributed by atoms with van der Waals surface area (Å²) >= 11 is 0. The first-order valence-corrected chi connectivity index (χ1v) is 6.24. The zero-order valence-corrected chi connectivity index (χ0v) is 11.4. The molecule has 1 aliphatic heterocycles. The van der Waals surface area contributed by atoms with E-state index < -0.39 is 5.97 Å². The molecular weight excluding hydrogens is 236 g/mol. The minimum atomic E-state index is -0.994. The Bertz CT molecular complexity index is 309. The Morgan fingerprint density at radius 1 is 1.33 bits per heavy atom. The summed E-state index contributed by atoms with van der Waals surface area (Å²) in [7, 11) is 0. The maximum atomic E-state index is 12.3. The summed E-state index contributed by atoms with van der Waals surface area (Å²) in [4.78, 5) is 26.1. The van der Waals surface area contributed by atoms with Crippen molar-refractivity contribution in [1.82, 2.24) is 9.80 Å². The first kappa shape index (κ1) is 14.8. The maximum Gasteiger partial charge on any atom is 0.323 e. The van der Waals surface area contributed by atoms with Crippen LogP contribution in [-0.2, 0) is 9.53 Å². The smallest absolute Gasteiger partial charge is 0.323 e. The van der Waals surface area contributed by atoms with Gasteiger partial charge in [-0.3, -0.25) is 4.79 Å². The number of carbonyl (C=O) groups excluding carboxylic acids is 1. The number of aliphatic carboxylic acids is 1. The van der Waals surface area contributed by atoms with Gasteiger partial charge >= 0.3 is 12.0 Å². The van der Waals surface area contributed by atoms with Crippen LogP contribution in [0.2, 0.25) is 0 Å². The minimum absolute atomic E-state index is 0.0171. The van der Waals surface area contributed by atoms with Gasteiger partial charge in [0.05, 0.1) is 12.2 Å². The molecule has 0 aliphatic carbocycles. The van der Waals surface area contributed by atoms with Gasteiger partial charge in [0.1, 0.15) is 6.54 Å². The highest BCUT2D eigenvalue weighted by Gasteiger charge is 2.30. The molecule has 0 radical (unpaired) electrons. The molecule has 18 heavy (non-hydrogen) atoms. The van der Waals surface area contributed by atoms with Gasteiger partial charge in [0.25, 0.3) is 0 Å². The highest BCUT2D eigenvalue weighted by molar-refractivity contribution is 5.80. The Hall–Kier alpha value is -1.30. The molecule has 0 aromatic heterocycles. The molecule has 0 unspecified atom stereocenters.